The van der Waals surface area contributed by atoms with Crippen molar-refractivity contribution in [2.45, 2.75) is 30.8 Å². The number of hydrazine groups is 1. The standard InChI is InChI=1S/C29H25N5O3S2/c35-24(32-33-28(37)30-22-15-8-10-18-9-4-5-13-20(18)22)17-38-29-31-26-25(21-14-6-7-16-23(21)39-26)27(36)34(29)19-11-2-1-3-12-19/h1-5,8-13,15H,6-7,14,16-17H2,(H,32,35)(H2,30,33,37). The number of hydrogen-bond donors (Lipinski definition) is 3. The van der Waals surface area contributed by atoms with Gasteiger partial charge in [-0.3, -0.25) is 19.6 Å². The number of amides is 3. The Hall–Kier alpha value is -4.15. The SMILES string of the molecule is O=C(CSc1nc2sc3c(c2c(=O)n1-c1ccccc1)CCCC3)NNC(=O)Nc1cccc2ccccc12. The Kier molecular flexibility index (Phi) is 7.04. The largest absolute Gasteiger partial charge is 0.337 e. The zero-order valence-corrected chi connectivity index (χ0v) is 22.5. The molecule has 1 aliphatic rings. The van der Waals surface area contributed by atoms with Gasteiger partial charge in [0, 0.05) is 10.3 Å². The summed E-state index contributed by atoms with van der Waals surface area (Å²) in [6.07, 6.45) is 4.05. The lowest BCUT2D eigenvalue weighted by Gasteiger charge is -2.14. The molecule has 3 N–H and O–H groups in total. The minimum Gasteiger partial charge on any atom is -0.306 e. The van der Waals surface area contributed by atoms with E-state index in [1.807, 2.05) is 66.7 Å². The van der Waals surface area contributed by atoms with Crippen molar-refractivity contribution < 1.29 is 9.59 Å². The second-order valence-corrected chi connectivity index (χ2v) is 11.2. The molecule has 3 aromatic carbocycles. The van der Waals surface area contributed by atoms with E-state index in [0.717, 1.165) is 58.6 Å². The van der Waals surface area contributed by atoms with E-state index in [4.69, 9.17) is 4.98 Å². The number of aryl methyl sites for hydroxylation is 2. The molecule has 0 spiro atoms. The quantitative estimate of drug-likeness (QED) is 0.153. The maximum Gasteiger partial charge on any atom is 0.337 e. The van der Waals surface area contributed by atoms with E-state index in [1.54, 1.807) is 22.0 Å². The molecule has 10 heteroatoms. The summed E-state index contributed by atoms with van der Waals surface area (Å²) in [4.78, 5) is 45.7. The van der Waals surface area contributed by atoms with E-state index in [2.05, 4.69) is 16.2 Å². The third-order valence-corrected chi connectivity index (χ3v) is 8.78. The van der Waals surface area contributed by atoms with E-state index < -0.39 is 11.9 Å². The topological polar surface area (TPSA) is 105 Å². The van der Waals surface area contributed by atoms with E-state index >= 15 is 0 Å². The summed E-state index contributed by atoms with van der Waals surface area (Å²) in [5, 5.41) is 5.79. The number of benzene rings is 3. The maximum atomic E-state index is 13.8. The van der Waals surface area contributed by atoms with Gasteiger partial charge in [-0.2, -0.15) is 0 Å². The van der Waals surface area contributed by atoms with Crippen molar-refractivity contribution in [3.63, 3.8) is 0 Å². The minimum atomic E-state index is -0.561. The van der Waals surface area contributed by atoms with Crippen molar-refractivity contribution in [2.75, 3.05) is 11.1 Å². The van der Waals surface area contributed by atoms with Gasteiger partial charge in [-0.1, -0.05) is 66.4 Å². The molecule has 8 nitrogen and oxygen atoms in total. The molecule has 0 saturated carbocycles. The summed E-state index contributed by atoms with van der Waals surface area (Å²) in [5.74, 6) is -0.461. The molecule has 0 radical (unpaired) electrons. The molecule has 3 amide bonds. The van der Waals surface area contributed by atoms with Gasteiger partial charge >= 0.3 is 6.03 Å². The number of thiophene rings is 1. The van der Waals surface area contributed by atoms with Crippen LogP contribution in [0.5, 0.6) is 0 Å². The number of carbonyl (C=O) groups is 2. The molecule has 0 fully saturated rings. The number of hydrogen-bond acceptors (Lipinski definition) is 6. The number of rotatable bonds is 5. The number of aromatic nitrogens is 2. The molecule has 1 aliphatic carbocycles. The van der Waals surface area contributed by atoms with Crippen molar-refractivity contribution >= 4 is 61.7 Å². The molecule has 0 aliphatic heterocycles. The monoisotopic (exact) mass is 555 g/mol. The molecule has 196 valence electrons. The summed E-state index contributed by atoms with van der Waals surface area (Å²) >= 11 is 2.74. The molecule has 0 unspecified atom stereocenters. The summed E-state index contributed by atoms with van der Waals surface area (Å²) in [6.45, 7) is 0. The van der Waals surface area contributed by atoms with Crippen LogP contribution in [-0.4, -0.2) is 27.2 Å². The number of nitrogens with one attached hydrogen (secondary N) is 3. The fraction of sp³-hybridized carbons (Fsp3) is 0.172. The number of thioether (sulfide) groups is 1. The normalized spacial score (nSPS) is 12.7. The third kappa shape index (κ3) is 5.13. The minimum absolute atomic E-state index is 0.0373. The predicted octanol–water partition coefficient (Wildman–Crippen LogP) is 5.42. The number of urea groups is 1. The van der Waals surface area contributed by atoms with Crippen LogP contribution >= 0.6 is 23.1 Å². The van der Waals surface area contributed by atoms with Crippen LogP contribution in [0, 0.1) is 0 Å². The fourth-order valence-corrected chi connectivity index (χ4v) is 6.98. The molecule has 6 rings (SSSR count). The van der Waals surface area contributed by atoms with Crippen LogP contribution in [-0.2, 0) is 17.6 Å². The van der Waals surface area contributed by atoms with Gasteiger partial charge in [-0.15, -0.1) is 11.3 Å². The van der Waals surface area contributed by atoms with Gasteiger partial charge < -0.3 is 5.32 Å². The van der Waals surface area contributed by atoms with Crippen LogP contribution in [0.25, 0.3) is 26.7 Å². The first-order valence-corrected chi connectivity index (χ1v) is 14.5. The predicted molar refractivity (Wildman–Crippen MR) is 157 cm³/mol. The van der Waals surface area contributed by atoms with Crippen LogP contribution in [0.3, 0.4) is 0 Å². The molecular weight excluding hydrogens is 530 g/mol. The van der Waals surface area contributed by atoms with E-state index in [-0.39, 0.29) is 11.3 Å². The highest BCUT2D eigenvalue weighted by atomic mass is 32.2. The lowest BCUT2D eigenvalue weighted by atomic mass is 9.97. The Morgan fingerprint density at radius 2 is 1.69 bits per heavy atom. The van der Waals surface area contributed by atoms with Gasteiger partial charge in [0.25, 0.3) is 5.56 Å². The van der Waals surface area contributed by atoms with Gasteiger partial charge in [-0.25, -0.2) is 15.2 Å². The maximum absolute atomic E-state index is 13.8. The summed E-state index contributed by atoms with van der Waals surface area (Å²) < 4.78 is 1.59. The first-order chi connectivity index (χ1) is 19.1. The highest BCUT2D eigenvalue weighted by molar-refractivity contribution is 7.99. The highest BCUT2D eigenvalue weighted by Gasteiger charge is 2.23. The molecule has 39 heavy (non-hydrogen) atoms. The third-order valence-electron chi connectivity index (χ3n) is 6.66. The molecule has 2 aromatic heterocycles. The molecular formula is C29H25N5O3S2. The van der Waals surface area contributed by atoms with Crippen LogP contribution in [0.1, 0.15) is 23.3 Å². The zero-order chi connectivity index (χ0) is 26.8. The van der Waals surface area contributed by atoms with E-state index in [1.165, 1.54) is 4.88 Å². The van der Waals surface area contributed by atoms with Crippen LogP contribution in [0.15, 0.2) is 82.7 Å². The van der Waals surface area contributed by atoms with Crippen LogP contribution in [0.4, 0.5) is 10.5 Å². The van der Waals surface area contributed by atoms with Crippen molar-refractivity contribution in [3.05, 3.63) is 93.6 Å². The van der Waals surface area contributed by atoms with Gasteiger partial charge in [0.1, 0.15) is 4.83 Å². The van der Waals surface area contributed by atoms with Crippen molar-refractivity contribution in [2.24, 2.45) is 0 Å². The Balaban J connectivity index is 1.18. The zero-order valence-electron chi connectivity index (χ0n) is 20.9. The number of nitrogens with zero attached hydrogens (tertiary/aromatic N) is 2. The summed E-state index contributed by atoms with van der Waals surface area (Å²) in [5.41, 5.74) is 7.19. The molecule has 0 atom stereocenters. The lowest BCUT2D eigenvalue weighted by molar-refractivity contribution is -0.119. The van der Waals surface area contributed by atoms with E-state index in [9.17, 15) is 14.4 Å². The smallest absolute Gasteiger partial charge is 0.306 e. The molecule has 0 saturated heterocycles. The fourth-order valence-electron chi connectivity index (χ4n) is 4.87. The van der Waals surface area contributed by atoms with Crippen molar-refractivity contribution in [1.82, 2.24) is 20.4 Å². The first-order valence-electron chi connectivity index (χ1n) is 12.7. The second-order valence-electron chi connectivity index (χ2n) is 9.20. The molecule has 0 bridgehead atoms. The van der Waals surface area contributed by atoms with Crippen LogP contribution in [0.2, 0.25) is 0 Å². The summed E-state index contributed by atoms with van der Waals surface area (Å²) in [7, 11) is 0. The van der Waals surface area contributed by atoms with Gasteiger partial charge in [0.2, 0.25) is 5.91 Å². The Labute approximate surface area is 232 Å². The van der Waals surface area contributed by atoms with E-state index in [0.29, 0.717) is 21.9 Å². The Morgan fingerprint density at radius 1 is 0.923 bits per heavy atom. The number of carbonyl (C=O) groups excluding carboxylic acids is 2. The van der Waals surface area contributed by atoms with Gasteiger partial charge in [-0.05, 0) is 54.8 Å². The molecule has 5 aromatic rings. The average Bonchev–Trinajstić information content (AvgIpc) is 3.34. The second kappa shape index (κ2) is 10.9. The number of para-hydroxylation sites is 1. The van der Waals surface area contributed by atoms with Gasteiger partial charge in [0.15, 0.2) is 5.16 Å². The Bertz CT molecular complexity index is 1760. The first kappa shape index (κ1) is 25.1. The number of fused-ring (bicyclic) bond motifs is 4. The van der Waals surface area contributed by atoms with Gasteiger partial charge in [0.05, 0.1) is 22.5 Å². The number of anilines is 1. The lowest BCUT2D eigenvalue weighted by Crippen LogP contribution is -2.44. The van der Waals surface area contributed by atoms with Crippen LogP contribution < -0.4 is 21.7 Å². The summed E-state index contributed by atoms with van der Waals surface area (Å²) in [6, 6.07) is 22.1. The van der Waals surface area contributed by atoms with Crippen molar-refractivity contribution in [1.29, 1.82) is 0 Å². The van der Waals surface area contributed by atoms with Crippen molar-refractivity contribution in [3.8, 4) is 5.69 Å². The molecule has 2 heterocycles. The Morgan fingerprint density at radius 3 is 2.56 bits per heavy atom. The average molecular weight is 556 g/mol. The highest BCUT2D eigenvalue weighted by Crippen LogP contribution is 2.35.